The van der Waals surface area contributed by atoms with E-state index in [1.165, 1.54) is 59.4 Å². The fourth-order valence-corrected chi connectivity index (χ4v) is 20.3. The Morgan fingerprint density at radius 2 is 0.636 bits per heavy atom. The van der Waals surface area contributed by atoms with Crippen LogP contribution in [0, 0.1) is 0 Å². The quantitative estimate of drug-likeness (QED) is 0.101. The molecule has 0 bridgehead atoms. The first-order valence-corrected chi connectivity index (χ1v) is 23.8. The van der Waals surface area contributed by atoms with E-state index in [2.05, 4.69) is 231 Å². The summed E-state index contributed by atoms with van der Waals surface area (Å²) in [6.45, 7) is 0. The van der Waals surface area contributed by atoms with Crippen LogP contribution in [0.4, 0.5) is 0 Å². The first-order chi connectivity index (χ1) is 27.2. The molecule has 0 radical (unpaired) electrons. The Kier molecular flexibility index (Phi) is 9.91. The van der Waals surface area contributed by atoms with Crippen LogP contribution in [0.15, 0.2) is 236 Å². The monoisotopic (exact) mass is 764 g/mol. The Balaban J connectivity index is 1.52. The zero-order valence-corrected chi connectivity index (χ0v) is 33.4. The van der Waals surface area contributed by atoms with E-state index in [4.69, 9.17) is 11.6 Å². The van der Waals surface area contributed by atoms with Crippen LogP contribution in [0.3, 0.4) is 0 Å². The van der Waals surface area contributed by atoms with Gasteiger partial charge in [-0.2, -0.15) is 0 Å². The molecule has 268 valence electrons. The number of hydrogen-bond acceptors (Lipinski definition) is 0. The first kappa shape index (κ1) is 35.4. The van der Waals surface area contributed by atoms with Gasteiger partial charge in [0.25, 0.3) is 0 Å². The van der Waals surface area contributed by atoms with E-state index in [-0.39, 0.29) is 0 Å². The average Bonchev–Trinajstić information content (AvgIpc) is 3.37. The van der Waals surface area contributed by atoms with Gasteiger partial charge in [-0.05, 0) is 0 Å². The minimum atomic E-state index is -3.15. The molecule has 1 atom stereocenters. The van der Waals surface area contributed by atoms with Crippen LogP contribution in [-0.4, -0.2) is 6.16 Å². The predicted molar refractivity (Wildman–Crippen MR) is 245 cm³/mol. The van der Waals surface area contributed by atoms with Crippen molar-refractivity contribution in [3.8, 4) is 11.1 Å². The summed E-state index contributed by atoms with van der Waals surface area (Å²) in [7, 11) is -6.00. The van der Waals surface area contributed by atoms with Gasteiger partial charge in [0.2, 0.25) is 0 Å². The second kappa shape index (κ2) is 15.4. The fraction of sp³-hybridized carbons (Fsp3) is 0.0385. The molecule has 0 aliphatic heterocycles. The zero-order valence-electron chi connectivity index (χ0n) is 30.6. The van der Waals surface area contributed by atoms with Crippen molar-refractivity contribution < 1.29 is 0 Å². The molecule has 0 saturated carbocycles. The van der Waals surface area contributed by atoms with Gasteiger partial charge in [-0.25, -0.2) is 0 Å². The third kappa shape index (κ3) is 6.11. The van der Waals surface area contributed by atoms with Crippen LogP contribution in [0.5, 0.6) is 0 Å². The summed E-state index contributed by atoms with van der Waals surface area (Å²) in [5.74, 6) is 0. The van der Waals surface area contributed by atoms with E-state index in [0.717, 1.165) is 11.7 Å². The second-order valence-electron chi connectivity index (χ2n) is 14.4. The van der Waals surface area contributed by atoms with Gasteiger partial charge < -0.3 is 0 Å². The van der Waals surface area contributed by atoms with E-state index < -0.39 is 19.9 Å². The topological polar surface area (TPSA) is 0 Å². The average molecular weight is 765 g/mol. The van der Waals surface area contributed by atoms with Crippen molar-refractivity contribution >= 4 is 63.5 Å². The standard InChI is InChI=1S/C52H43ClP2/c53-51-49-38-22-21-36-47(49)46-35-19-20-37-48(46)50(39-54(40-23-7-1-8-24-40,41-25-9-2-10-26-41)42-27-11-3-12-28-42)52(51)55(43-29-13-4-14-30-43,44-31-15-5-16-32-44)45-33-17-6-18-34-45/h1-38,51,54-55H,39H2. The van der Waals surface area contributed by atoms with E-state index in [9.17, 15) is 0 Å². The molecule has 0 spiro atoms. The van der Waals surface area contributed by atoms with Crippen LogP contribution in [0.25, 0.3) is 16.7 Å². The van der Waals surface area contributed by atoms with Crippen molar-refractivity contribution in [1.82, 2.24) is 0 Å². The molecule has 9 rings (SSSR count). The van der Waals surface area contributed by atoms with Crippen LogP contribution >= 0.6 is 26.1 Å². The van der Waals surface area contributed by atoms with Gasteiger partial charge in [-0.15, -0.1) is 0 Å². The maximum absolute atomic E-state index is 8.40. The molecular formula is C52H43ClP2. The van der Waals surface area contributed by atoms with Crippen molar-refractivity contribution in [2.75, 3.05) is 6.16 Å². The molecule has 0 saturated heterocycles. The molecule has 1 aliphatic carbocycles. The summed E-state index contributed by atoms with van der Waals surface area (Å²) in [5.41, 5.74) is 6.23. The molecule has 0 aromatic heterocycles. The van der Waals surface area contributed by atoms with Gasteiger partial charge in [0.1, 0.15) is 0 Å². The van der Waals surface area contributed by atoms with Crippen molar-refractivity contribution in [3.63, 3.8) is 0 Å². The number of alkyl halides is 1. The fourth-order valence-electron chi connectivity index (χ4n) is 9.28. The second-order valence-corrected chi connectivity index (χ2v) is 22.5. The first-order valence-electron chi connectivity index (χ1n) is 19.1. The molecule has 8 aromatic carbocycles. The van der Waals surface area contributed by atoms with Crippen LogP contribution in [0.1, 0.15) is 16.5 Å². The number of halogens is 1. The van der Waals surface area contributed by atoms with Crippen LogP contribution < -0.4 is 31.8 Å². The van der Waals surface area contributed by atoms with Crippen LogP contribution in [-0.2, 0) is 0 Å². The molecule has 8 aromatic rings. The molecule has 55 heavy (non-hydrogen) atoms. The van der Waals surface area contributed by atoms with Gasteiger partial charge >= 0.3 is 333 Å². The summed E-state index contributed by atoms with van der Waals surface area (Å²) in [6, 6.07) is 85.8. The molecular weight excluding hydrogens is 722 g/mol. The molecule has 1 unspecified atom stereocenters. The van der Waals surface area contributed by atoms with Gasteiger partial charge in [-0.3, -0.25) is 0 Å². The van der Waals surface area contributed by atoms with Gasteiger partial charge in [0.15, 0.2) is 0 Å². The van der Waals surface area contributed by atoms with E-state index >= 15 is 0 Å². The number of rotatable bonds is 9. The Morgan fingerprint density at radius 1 is 0.327 bits per heavy atom. The van der Waals surface area contributed by atoms with Crippen molar-refractivity contribution in [1.29, 1.82) is 0 Å². The minimum absolute atomic E-state index is 0.403. The number of fused-ring (bicyclic) bond motifs is 3. The van der Waals surface area contributed by atoms with Crippen molar-refractivity contribution in [2.45, 2.75) is 5.38 Å². The molecule has 0 N–H and O–H groups in total. The third-order valence-electron chi connectivity index (χ3n) is 11.6. The van der Waals surface area contributed by atoms with Gasteiger partial charge in [0.05, 0.1) is 0 Å². The maximum atomic E-state index is 8.40. The van der Waals surface area contributed by atoms with Crippen LogP contribution in [0.2, 0.25) is 0 Å². The summed E-state index contributed by atoms with van der Waals surface area (Å²) < 4.78 is 0. The molecule has 0 nitrogen and oxygen atoms in total. The van der Waals surface area contributed by atoms with Crippen molar-refractivity contribution in [3.05, 3.63) is 247 Å². The zero-order chi connectivity index (χ0) is 37.1. The van der Waals surface area contributed by atoms with E-state index in [1.807, 2.05) is 0 Å². The predicted octanol–water partition coefficient (Wildman–Crippen LogP) is 10.8. The molecule has 3 heteroatoms. The van der Waals surface area contributed by atoms with E-state index in [0.29, 0.717) is 0 Å². The summed E-state index contributed by atoms with van der Waals surface area (Å²) in [5, 5.41) is 9.08. The Morgan fingerprint density at radius 3 is 1.04 bits per heavy atom. The van der Waals surface area contributed by atoms with E-state index in [1.54, 1.807) is 0 Å². The number of allylic oxidation sites excluding steroid dienone is 2. The van der Waals surface area contributed by atoms with Gasteiger partial charge in [0, 0.05) is 0 Å². The molecule has 1 aliphatic rings. The Bertz CT molecular complexity index is 2360. The number of benzene rings is 8. The summed E-state index contributed by atoms with van der Waals surface area (Å²) in [6.07, 6.45) is 0.829. The SMILES string of the molecule is ClC1C([PH](c2ccccc2)(c2ccccc2)c2ccccc2)=C(C[PH](c2ccccc2)(c2ccccc2)c2ccccc2)c2ccccc2-c2ccccc21. The third-order valence-corrected chi connectivity index (χ3v) is 22.1. The molecule has 0 amide bonds. The Labute approximate surface area is 331 Å². The van der Waals surface area contributed by atoms with Crippen molar-refractivity contribution in [2.24, 2.45) is 0 Å². The van der Waals surface area contributed by atoms with Gasteiger partial charge in [-0.1, -0.05) is 0 Å². The molecule has 0 heterocycles. The Hall–Kier alpha value is -5.35. The number of hydrogen-bond donors (Lipinski definition) is 0. The normalized spacial score (nSPS) is 14.7. The molecule has 0 fully saturated rings. The summed E-state index contributed by atoms with van der Waals surface area (Å²) in [4.78, 5) is 0. The summed E-state index contributed by atoms with van der Waals surface area (Å²) >= 11 is 8.40.